The summed E-state index contributed by atoms with van der Waals surface area (Å²) in [4.78, 5) is 41.5. The van der Waals surface area contributed by atoms with Crippen molar-refractivity contribution in [2.45, 2.75) is 39.7 Å². The molecule has 2 rings (SSSR count). The summed E-state index contributed by atoms with van der Waals surface area (Å²) in [7, 11) is 3.80. The molecule has 0 fully saturated rings. The number of hydrogen-bond donors (Lipinski definition) is 1. The first-order chi connectivity index (χ1) is 15.3. The molecule has 0 radical (unpaired) electrons. The van der Waals surface area contributed by atoms with E-state index in [4.69, 9.17) is 4.52 Å². The molecule has 1 amide bonds. The van der Waals surface area contributed by atoms with Gasteiger partial charge < -0.3 is 9.63 Å². The Morgan fingerprint density at radius 3 is 1.94 bits per heavy atom. The number of carbonyl (C=O) groups excluding carboxylic acids is 1. The van der Waals surface area contributed by atoms with Crippen LogP contribution in [0, 0.1) is 44.2 Å². The maximum absolute atomic E-state index is 12.1. The van der Waals surface area contributed by atoms with Crippen LogP contribution in [0.4, 0.5) is 22.9 Å². The standard InChI is InChI=1S/C12H21N3O2.C6H3N3O7/c1-6-7-10(15(4)5)11(16)13-12-8(2)9(3)14-17-12;10-6-4(8(13)14)1-3(7(11)12)2-5(6)9(15)16/h10H,6-7H2,1-5H3,(H,13,16);1-2,10H/p-1. The Bertz CT molecular complexity index is 1020. The number of likely N-dealkylation sites (N-methyl/N-ethyl adjacent to an activating group) is 1. The molecule has 0 aliphatic heterocycles. The lowest BCUT2D eigenvalue weighted by atomic mass is 10.1. The molecule has 1 heterocycles. The zero-order valence-electron chi connectivity index (χ0n) is 18.6. The molecule has 0 aliphatic rings. The van der Waals surface area contributed by atoms with E-state index in [1.54, 1.807) is 0 Å². The van der Waals surface area contributed by atoms with Crippen LogP contribution in [-0.4, -0.2) is 50.9 Å². The van der Waals surface area contributed by atoms with Gasteiger partial charge in [-0.3, -0.25) is 45.4 Å². The molecule has 1 unspecified atom stereocenters. The van der Waals surface area contributed by atoms with Gasteiger partial charge in [0.05, 0.1) is 44.4 Å². The lowest BCUT2D eigenvalue weighted by Gasteiger charge is -2.22. The van der Waals surface area contributed by atoms with Crippen LogP contribution in [0.15, 0.2) is 16.7 Å². The number of amides is 1. The predicted octanol–water partition coefficient (Wildman–Crippen LogP) is 2.45. The van der Waals surface area contributed by atoms with E-state index in [2.05, 4.69) is 17.4 Å². The SMILES string of the molecule is CCCC(C(=O)Nc1onc(C)c1C)N(C)C.O=[N+]([O-])c1cc([N+](=O)[O-])c([O-])c([N+](=O)[O-])c1. The molecule has 1 aromatic heterocycles. The van der Waals surface area contributed by atoms with Crippen LogP contribution in [0.1, 0.15) is 31.0 Å². The van der Waals surface area contributed by atoms with E-state index in [-0.39, 0.29) is 11.9 Å². The van der Waals surface area contributed by atoms with Gasteiger partial charge in [0.2, 0.25) is 11.8 Å². The molecule has 1 aromatic carbocycles. The third-order valence-corrected chi connectivity index (χ3v) is 4.52. The van der Waals surface area contributed by atoms with Crippen molar-refractivity contribution in [2.75, 3.05) is 19.4 Å². The van der Waals surface area contributed by atoms with Gasteiger partial charge in [0, 0.05) is 5.56 Å². The molecular weight excluding hydrogens is 444 g/mol. The Kier molecular flexibility index (Phi) is 9.35. The van der Waals surface area contributed by atoms with E-state index in [1.165, 1.54) is 0 Å². The van der Waals surface area contributed by atoms with E-state index >= 15 is 0 Å². The van der Waals surface area contributed by atoms with Crippen LogP contribution in [-0.2, 0) is 4.79 Å². The third-order valence-electron chi connectivity index (χ3n) is 4.52. The van der Waals surface area contributed by atoms with Crippen molar-refractivity contribution in [3.63, 3.8) is 0 Å². The van der Waals surface area contributed by atoms with E-state index in [1.807, 2.05) is 32.8 Å². The van der Waals surface area contributed by atoms with Gasteiger partial charge in [0.1, 0.15) is 0 Å². The number of aryl methyl sites for hydroxylation is 1. The highest BCUT2D eigenvalue weighted by Gasteiger charge is 2.24. The summed E-state index contributed by atoms with van der Waals surface area (Å²) in [5.74, 6) is -1.05. The highest BCUT2D eigenvalue weighted by molar-refractivity contribution is 5.94. The number of carbonyl (C=O) groups is 1. The largest absolute Gasteiger partial charge is 0.863 e. The Balaban J connectivity index is 0.000000331. The van der Waals surface area contributed by atoms with Crippen LogP contribution in [0.5, 0.6) is 5.75 Å². The first-order valence-corrected chi connectivity index (χ1v) is 9.50. The summed E-state index contributed by atoms with van der Waals surface area (Å²) in [6.07, 6.45) is 1.79. The summed E-state index contributed by atoms with van der Waals surface area (Å²) in [5.41, 5.74) is -1.58. The number of nitro benzene ring substituents is 3. The average Bonchev–Trinajstić information content (AvgIpc) is 3.03. The first kappa shape index (κ1) is 26.9. The van der Waals surface area contributed by atoms with Gasteiger partial charge in [-0.05, 0) is 34.4 Å². The van der Waals surface area contributed by atoms with Gasteiger partial charge in [-0.1, -0.05) is 18.5 Å². The highest BCUT2D eigenvalue weighted by Crippen LogP contribution is 2.36. The predicted molar refractivity (Wildman–Crippen MR) is 113 cm³/mol. The second-order valence-electron chi connectivity index (χ2n) is 7.06. The molecule has 1 atom stereocenters. The number of aromatic nitrogens is 1. The number of anilines is 1. The van der Waals surface area contributed by atoms with E-state index in [9.17, 15) is 40.2 Å². The molecule has 0 saturated carbocycles. The fourth-order valence-corrected chi connectivity index (χ4v) is 2.59. The molecule has 180 valence electrons. The zero-order chi connectivity index (χ0) is 25.5. The zero-order valence-corrected chi connectivity index (χ0v) is 18.6. The minimum Gasteiger partial charge on any atom is -0.863 e. The summed E-state index contributed by atoms with van der Waals surface area (Å²) in [6, 6.07) is 0.634. The van der Waals surface area contributed by atoms with E-state index in [0.717, 1.165) is 24.1 Å². The maximum atomic E-state index is 12.1. The fourth-order valence-electron chi connectivity index (χ4n) is 2.59. The van der Waals surface area contributed by atoms with Crippen LogP contribution < -0.4 is 10.4 Å². The average molecular weight is 467 g/mol. The highest BCUT2D eigenvalue weighted by atomic mass is 16.6. The van der Waals surface area contributed by atoms with Crippen LogP contribution >= 0.6 is 0 Å². The van der Waals surface area contributed by atoms with Gasteiger partial charge in [-0.25, -0.2) is 0 Å². The molecular formula is C18H23N6O9-. The minimum atomic E-state index is -1.46. The molecule has 15 nitrogen and oxygen atoms in total. The molecule has 0 bridgehead atoms. The summed E-state index contributed by atoms with van der Waals surface area (Å²) in [5, 5.41) is 48.7. The third kappa shape index (κ3) is 6.93. The second kappa shape index (κ2) is 11.5. The Hall–Kier alpha value is -4.14. The van der Waals surface area contributed by atoms with Crippen molar-refractivity contribution in [2.24, 2.45) is 0 Å². The molecule has 2 aromatic rings. The number of nitrogens with one attached hydrogen (secondary N) is 1. The number of rotatable bonds is 8. The van der Waals surface area contributed by atoms with Crippen LogP contribution in [0.25, 0.3) is 0 Å². The lowest BCUT2D eigenvalue weighted by Crippen LogP contribution is -2.39. The van der Waals surface area contributed by atoms with E-state index < -0.39 is 37.6 Å². The first-order valence-electron chi connectivity index (χ1n) is 9.50. The fraction of sp³-hybridized carbons (Fsp3) is 0.444. The summed E-state index contributed by atoms with van der Waals surface area (Å²) < 4.78 is 5.07. The molecule has 0 spiro atoms. The number of non-ortho nitro benzene ring substituents is 1. The molecule has 0 aliphatic carbocycles. The summed E-state index contributed by atoms with van der Waals surface area (Å²) >= 11 is 0. The second-order valence-corrected chi connectivity index (χ2v) is 7.06. The van der Waals surface area contributed by atoms with E-state index in [0.29, 0.717) is 18.0 Å². The quantitative estimate of drug-likeness (QED) is 0.440. The van der Waals surface area contributed by atoms with Gasteiger partial charge in [-0.2, -0.15) is 0 Å². The Labute approximate surface area is 187 Å². The monoisotopic (exact) mass is 467 g/mol. The topological polar surface area (TPSA) is 211 Å². The summed E-state index contributed by atoms with van der Waals surface area (Å²) in [6.45, 7) is 5.80. The number of nitro groups is 3. The van der Waals surface area contributed by atoms with Crippen molar-refractivity contribution < 1.29 is 29.2 Å². The number of benzene rings is 1. The van der Waals surface area contributed by atoms with Gasteiger partial charge in [0.15, 0.2) is 0 Å². The van der Waals surface area contributed by atoms with Crippen LogP contribution in [0.3, 0.4) is 0 Å². The van der Waals surface area contributed by atoms with Gasteiger partial charge >= 0.3 is 0 Å². The lowest BCUT2D eigenvalue weighted by molar-refractivity contribution is -0.420. The maximum Gasteiger partial charge on any atom is 0.283 e. The molecule has 33 heavy (non-hydrogen) atoms. The number of hydrogen-bond acceptors (Lipinski definition) is 11. The number of nitrogens with zero attached hydrogens (tertiary/aromatic N) is 5. The van der Waals surface area contributed by atoms with Crippen LogP contribution in [0.2, 0.25) is 0 Å². The van der Waals surface area contributed by atoms with Crippen molar-refractivity contribution in [1.82, 2.24) is 10.1 Å². The molecule has 0 saturated heterocycles. The Morgan fingerprint density at radius 1 is 1.09 bits per heavy atom. The molecule has 1 N–H and O–H groups in total. The smallest absolute Gasteiger partial charge is 0.283 e. The van der Waals surface area contributed by atoms with Gasteiger partial charge in [0.25, 0.3) is 17.1 Å². The van der Waals surface area contributed by atoms with Gasteiger partial charge in [-0.15, -0.1) is 0 Å². The Morgan fingerprint density at radius 2 is 1.61 bits per heavy atom. The molecule has 15 heteroatoms. The van der Waals surface area contributed by atoms with Crippen molar-refractivity contribution in [3.05, 3.63) is 53.7 Å². The minimum absolute atomic E-state index is 0.0453. The normalized spacial score (nSPS) is 11.3. The van der Waals surface area contributed by atoms with Crippen molar-refractivity contribution in [1.29, 1.82) is 0 Å². The van der Waals surface area contributed by atoms with Crippen molar-refractivity contribution in [3.8, 4) is 5.75 Å². The van der Waals surface area contributed by atoms with Crippen molar-refractivity contribution >= 4 is 28.9 Å².